The van der Waals surface area contributed by atoms with Crippen molar-refractivity contribution in [1.82, 2.24) is 25.3 Å². The van der Waals surface area contributed by atoms with E-state index in [1.54, 1.807) is 7.05 Å². The molecule has 270 valence electrons. The molecule has 3 aromatic rings. The predicted octanol–water partition coefficient (Wildman–Crippen LogP) is 6.04. The van der Waals surface area contributed by atoms with E-state index < -0.39 is 87.4 Å². The van der Waals surface area contributed by atoms with Crippen molar-refractivity contribution in [1.29, 1.82) is 0 Å². The molecule has 2 aromatic carbocycles. The maximum Gasteiger partial charge on any atom is 0.433 e. The summed E-state index contributed by atoms with van der Waals surface area (Å²) in [6.07, 6.45) is -8.42. The van der Waals surface area contributed by atoms with Crippen LogP contribution in [0, 0.1) is 11.6 Å². The second-order valence-electron chi connectivity index (χ2n) is 11.3. The molecule has 0 radical (unpaired) electrons. The molecule has 2 heterocycles. The molecule has 10 nitrogen and oxygen atoms in total. The number of carbonyl (C=O) groups excluding carboxylic acids is 2. The van der Waals surface area contributed by atoms with Crippen LogP contribution in [0.3, 0.4) is 0 Å². The van der Waals surface area contributed by atoms with Crippen LogP contribution in [-0.4, -0.2) is 69.7 Å². The summed E-state index contributed by atoms with van der Waals surface area (Å²) in [4.78, 5) is 34.3. The lowest BCUT2D eigenvalue weighted by Crippen LogP contribution is -2.65. The Morgan fingerprint density at radius 1 is 1.02 bits per heavy atom. The SMILES string of the molecule is CNCCOc1ccc(CN2C(=O)C(C(=O)Nc3ccc(C(F)(F)F)cc3-c3cc(C(F)(F)F)ncn3)=C(O)C3(CCC3)N2C)c(F)c1F.Cl. The Morgan fingerprint density at radius 3 is 2.32 bits per heavy atom. The predicted molar refractivity (Wildman–Crippen MR) is 164 cm³/mol. The van der Waals surface area contributed by atoms with Gasteiger partial charge in [-0.2, -0.15) is 30.7 Å². The minimum absolute atomic E-state index is 0. The summed E-state index contributed by atoms with van der Waals surface area (Å²) < 4.78 is 116. The standard InChI is InChI=1S/C31H28F8N6O4.ClH/c1-40-10-11-49-21-7-4-16(24(32)25(21)33)14-45-28(48)23(26(46)29(44(45)2)8-3-9-29)27(47)43-19-6-5-17(30(34,35)36)12-18(19)20-13-22(31(37,38)39)42-15-41-20;/h4-7,12-13,15,40,46H,3,8-11,14H2,1-2H3,(H,43,47);1H. The van der Waals surface area contributed by atoms with Crippen LogP contribution >= 0.6 is 12.4 Å². The number of aliphatic hydroxyl groups is 1. The van der Waals surface area contributed by atoms with Crippen molar-refractivity contribution >= 4 is 29.9 Å². The second kappa shape index (κ2) is 14.4. The number of amides is 2. The lowest BCUT2D eigenvalue weighted by Gasteiger charge is -2.54. The fourth-order valence-electron chi connectivity index (χ4n) is 5.55. The molecule has 1 aromatic heterocycles. The van der Waals surface area contributed by atoms with Gasteiger partial charge in [-0.15, -0.1) is 12.4 Å². The second-order valence-corrected chi connectivity index (χ2v) is 11.3. The molecule has 1 aliphatic heterocycles. The smallest absolute Gasteiger partial charge is 0.433 e. The van der Waals surface area contributed by atoms with Crippen LogP contribution in [0.25, 0.3) is 11.3 Å². The fraction of sp³-hybridized carbons (Fsp3) is 0.355. The zero-order valence-corrected chi connectivity index (χ0v) is 27.0. The summed E-state index contributed by atoms with van der Waals surface area (Å²) in [5, 5.41) is 18.5. The third-order valence-corrected chi connectivity index (χ3v) is 8.40. The lowest BCUT2D eigenvalue weighted by atomic mass is 9.72. The van der Waals surface area contributed by atoms with Crippen LogP contribution in [0.2, 0.25) is 0 Å². The highest BCUT2D eigenvalue weighted by Gasteiger charge is 2.55. The number of hydrogen-bond acceptors (Lipinski definition) is 8. The zero-order valence-electron chi connectivity index (χ0n) is 26.2. The number of anilines is 1. The zero-order chi connectivity index (χ0) is 35.9. The molecule has 2 aliphatic rings. The van der Waals surface area contributed by atoms with Gasteiger partial charge in [-0.3, -0.25) is 14.6 Å². The molecule has 5 rings (SSSR count). The number of nitrogens with zero attached hydrogens (tertiary/aromatic N) is 4. The van der Waals surface area contributed by atoms with Crippen LogP contribution in [0.4, 0.5) is 40.8 Å². The summed E-state index contributed by atoms with van der Waals surface area (Å²) in [5.41, 5.74) is -6.93. The molecular formula is C31H29ClF8N6O4. The highest BCUT2D eigenvalue weighted by molar-refractivity contribution is 6.24. The Labute approximate surface area is 285 Å². The summed E-state index contributed by atoms with van der Waals surface area (Å²) in [6, 6.07) is 4.52. The normalized spacial score (nSPS) is 16.3. The van der Waals surface area contributed by atoms with Crippen LogP contribution in [0.15, 0.2) is 54.1 Å². The van der Waals surface area contributed by atoms with Gasteiger partial charge in [-0.25, -0.2) is 19.4 Å². The summed E-state index contributed by atoms with van der Waals surface area (Å²) in [6.45, 7) is -0.223. The maximum atomic E-state index is 15.2. The molecule has 1 fully saturated rings. The molecule has 0 unspecified atom stereocenters. The summed E-state index contributed by atoms with van der Waals surface area (Å²) >= 11 is 0. The maximum absolute atomic E-state index is 15.2. The number of halogens is 9. The minimum atomic E-state index is -4.98. The Hall–Kier alpha value is -4.55. The molecule has 1 saturated carbocycles. The summed E-state index contributed by atoms with van der Waals surface area (Å²) in [5.74, 6) is -6.18. The third-order valence-electron chi connectivity index (χ3n) is 8.40. The van der Waals surface area contributed by atoms with Gasteiger partial charge < -0.3 is 20.5 Å². The van der Waals surface area contributed by atoms with Gasteiger partial charge in [0, 0.05) is 24.7 Å². The van der Waals surface area contributed by atoms with Crippen LogP contribution in [0.5, 0.6) is 5.75 Å². The van der Waals surface area contributed by atoms with Gasteiger partial charge in [0.05, 0.1) is 29.0 Å². The Kier molecular flexibility index (Phi) is 11.0. The van der Waals surface area contributed by atoms with Crippen molar-refractivity contribution in [2.24, 2.45) is 0 Å². The molecule has 0 bridgehead atoms. The Bertz CT molecular complexity index is 1820. The van der Waals surface area contributed by atoms with E-state index in [0.717, 1.165) is 11.1 Å². The van der Waals surface area contributed by atoms with E-state index in [-0.39, 0.29) is 43.2 Å². The van der Waals surface area contributed by atoms with E-state index in [0.29, 0.717) is 37.5 Å². The van der Waals surface area contributed by atoms with Crippen molar-refractivity contribution in [2.45, 2.75) is 43.7 Å². The van der Waals surface area contributed by atoms with Crippen molar-refractivity contribution in [3.05, 3.63) is 82.5 Å². The quantitative estimate of drug-likeness (QED) is 0.138. The molecular weight excluding hydrogens is 708 g/mol. The number of rotatable bonds is 9. The lowest BCUT2D eigenvalue weighted by molar-refractivity contribution is -0.172. The highest BCUT2D eigenvalue weighted by atomic mass is 35.5. The molecule has 0 saturated heterocycles. The first-order valence-corrected chi connectivity index (χ1v) is 14.7. The summed E-state index contributed by atoms with van der Waals surface area (Å²) in [7, 11) is 3.05. The number of aromatic nitrogens is 2. The first-order chi connectivity index (χ1) is 23.0. The molecule has 3 N–H and O–H groups in total. The first-order valence-electron chi connectivity index (χ1n) is 14.7. The number of hydrogen-bond donors (Lipinski definition) is 3. The van der Waals surface area contributed by atoms with E-state index in [4.69, 9.17) is 4.74 Å². The van der Waals surface area contributed by atoms with E-state index in [9.17, 15) is 45.4 Å². The van der Waals surface area contributed by atoms with Gasteiger partial charge in [-0.1, -0.05) is 6.07 Å². The van der Waals surface area contributed by atoms with Crippen molar-refractivity contribution in [3.63, 3.8) is 0 Å². The van der Waals surface area contributed by atoms with Gasteiger partial charge in [0.1, 0.15) is 30.0 Å². The number of ether oxygens (including phenoxy) is 1. The van der Waals surface area contributed by atoms with Gasteiger partial charge in [-0.05, 0) is 56.6 Å². The molecule has 2 amide bonds. The third kappa shape index (κ3) is 7.18. The van der Waals surface area contributed by atoms with E-state index in [1.165, 1.54) is 24.2 Å². The van der Waals surface area contributed by atoms with Crippen LogP contribution in [-0.2, 0) is 28.5 Å². The van der Waals surface area contributed by atoms with Crippen LogP contribution < -0.4 is 15.4 Å². The van der Waals surface area contributed by atoms with Gasteiger partial charge in [0.2, 0.25) is 5.82 Å². The number of likely N-dealkylation sites (N-methyl/N-ethyl adjacent to an activating group) is 2. The molecule has 1 aliphatic carbocycles. The number of carbonyl (C=O) groups is 2. The van der Waals surface area contributed by atoms with Gasteiger partial charge in [0.15, 0.2) is 11.6 Å². The highest BCUT2D eigenvalue weighted by Crippen LogP contribution is 2.47. The van der Waals surface area contributed by atoms with Crippen molar-refractivity contribution in [3.8, 4) is 17.0 Å². The molecule has 1 spiro atoms. The monoisotopic (exact) mass is 736 g/mol. The Balaban J connectivity index is 0.00000562. The van der Waals surface area contributed by atoms with Crippen LogP contribution in [0.1, 0.15) is 36.1 Å². The number of alkyl halides is 6. The van der Waals surface area contributed by atoms with Crippen molar-refractivity contribution < 1.29 is 54.6 Å². The van der Waals surface area contributed by atoms with Crippen molar-refractivity contribution in [2.75, 3.05) is 32.6 Å². The fourth-order valence-corrected chi connectivity index (χ4v) is 5.55. The number of aliphatic hydroxyl groups excluding tert-OH is 1. The van der Waals surface area contributed by atoms with E-state index in [2.05, 4.69) is 20.6 Å². The minimum Gasteiger partial charge on any atom is -0.509 e. The van der Waals surface area contributed by atoms with E-state index in [1.807, 2.05) is 0 Å². The average molecular weight is 737 g/mol. The topological polar surface area (TPSA) is 120 Å². The van der Waals surface area contributed by atoms with Gasteiger partial charge in [0.25, 0.3) is 11.8 Å². The number of nitrogens with one attached hydrogen (secondary N) is 2. The number of hydrazine groups is 1. The molecule has 50 heavy (non-hydrogen) atoms. The molecule has 19 heteroatoms. The number of benzene rings is 2. The largest absolute Gasteiger partial charge is 0.509 e. The average Bonchev–Trinajstić information content (AvgIpc) is 3.01. The van der Waals surface area contributed by atoms with Gasteiger partial charge >= 0.3 is 12.4 Å². The Morgan fingerprint density at radius 2 is 1.72 bits per heavy atom. The first kappa shape index (κ1) is 38.3. The van der Waals surface area contributed by atoms with E-state index >= 15 is 4.39 Å². The molecule has 0 atom stereocenters.